The smallest absolute Gasteiger partial charge is 0.255 e. The first-order valence-electron chi connectivity index (χ1n) is 11.8. The van der Waals surface area contributed by atoms with E-state index in [4.69, 9.17) is 9.47 Å². The van der Waals surface area contributed by atoms with Crippen LogP contribution in [0.25, 0.3) is 0 Å². The molecule has 0 aliphatic carbocycles. The Morgan fingerprint density at radius 2 is 1.76 bits per heavy atom. The number of carbonyl (C=O) groups excluding carboxylic acids is 2. The molecule has 0 radical (unpaired) electrons. The molecule has 1 fully saturated rings. The molecule has 0 bridgehead atoms. The van der Waals surface area contributed by atoms with Gasteiger partial charge in [-0.2, -0.15) is 0 Å². The SMILES string of the molecule is CN1C(=O)[C@@H](NC(=O)c2cc(Oc3ccccc3)ccc2F)CSc2cc(N3CCOCC3)c(F)cc21. The number of halogens is 2. The summed E-state index contributed by atoms with van der Waals surface area (Å²) in [6.07, 6.45) is 0. The Labute approximate surface area is 217 Å². The summed E-state index contributed by atoms with van der Waals surface area (Å²) in [6.45, 7) is 2.19. The molecule has 3 aromatic carbocycles. The summed E-state index contributed by atoms with van der Waals surface area (Å²) in [6, 6.07) is 14.9. The normalized spacial score (nSPS) is 17.7. The third-order valence-corrected chi connectivity index (χ3v) is 7.38. The average molecular weight is 526 g/mol. The standard InChI is InChI=1S/C27H25F2N3O4S/c1-31-24-14-21(29)23(32-9-11-35-12-10-32)15-25(24)37-16-22(27(31)34)30-26(33)19-13-18(7-8-20(19)28)36-17-5-3-2-4-6-17/h2-8,13-15,22H,9-12,16H2,1H3,(H,30,33)/t22-/m0/s1. The first-order chi connectivity index (χ1) is 17.9. The van der Waals surface area contributed by atoms with Gasteiger partial charge in [-0.05, 0) is 36.4 Å². The maximum absolute atomic E-state index is 15.0. The van der Waals surface area contributed by atoms with Crippen LogP contribution in [0.3, 0.4) is 0 Å². The Morgan fingerprint density at radius 1 is 1.00 bits per heavy atom. The van der Waals surface area contributed by atoms with Gasteiger partial charge in [-0.15, -0.1) is 11.8 Å². The number of hydrogen-bond acceptors (Lipinski definition) is 6. The van der Waals surface area contributed by atoms with Crippen molar-refractivity contribution in [2.75, 3.05) is 48.9 Å². The van der Waals surface area contributed by atoms with E-state index in [1.165, 1.54) is 41.9 Å². The minimum absolute atomic E-state index is 0.206. The number of anilines is 2. The number of likely N-dealkylation sites (N-methyl/N-ethyl adjacent to an activating group) is 1. The van der Waals surface area contributed by atoms with E-state index in [-0.39, 0.29) is 17.1 Å². The predicted molar refractivity (Wildman–Crippen MR) is 138 cm³/mol. The summed E-state index contributed by atoms with van der Waals surface area (Å²) in [7, 11) is 1.54. The molecule has 0 saturated carbocycles. The number of rotatable bonds is 5. The largest absolute Gasteiger partial charge is 0.457 e. The molecule has 0 aromatic heterocycles. The fourth-order valence-electron chi connectivity index (χ4n) is 4.26. The van der Waals surface area contributed by atoms with Crippen LogP contribution in [0.5, 0.6) is 11.5 Å². The zero-order chi connectivity index (χ0) is 25.9. The van der Waals surface area contributed by atoms with Crippen LogP contribution in [0.4, 0.5) is 20.2 Å². The average Bonchev–Trinajstić information content (AvgIpc) is 3.02. The molecule has 5 rings (SSSR count). The highest BCUT2D eigenvalue weighted by Crippen LogP contribution is 2.38. The highest BCUT2D eigenvalue weighted by atomic mass is 32.2. The maximum atomic E-state index is 15.0. The van der Waals surface area contributed by atoms with E-state index in [2.05, 4.69) is 5.32 Å². The lowest BCUT2D eigenvalue weighted by molar-refractivity contribution is -0.119. The van der Waals surface area contributed by atoms with Crippen LogP contribution in [0, 0.1) is 11.6 Å². The molecule has 0 spiro atoms. The van der Waals surface area contributed by atoms with E-state index in [9.17, 15) is 14.0 Å². The summed E-state index contributed by atoms with van der Waals surface area (Å²) in [5.74, 6) is -1.29. The fourth-order valence-corrected chi connectivity index (χ4v) is 5.37. The van der Waals surface area contributed by atoms with Crippen molar-refractivity contribution in [3.8, 4) is 11.5 Å². The molecule has 2 amide bonds. The summed E-state index contributed by atoms with van der Waals surface area (Å²) in [4.78, 5) is 30.2. The second kappa shape index (κ2) is 10.8. The second-order valence-corrected chi connectivity index (χ2v) is 9.72. The lowest BCUT2D eigenvalue weighted by Crippen LogP contribution is -2.48. The maximum Gasteiger partial charge on any atom is 0.255 e. The summed E-state index contributed by atoms with van der Waals surface area (Å²) < 4.78 is 40.7. The van der Waals surface area contributed by atoms with Crippen molar-refractivity contribution < 1.29 is 27.8 Å². The Hall–Kier alpha value is -3.63. The van der Waals surface area contributed by atoms with Crippen LogP contribution < -0.4 is 19.9 Å². The molecule has 2 aliphatic heterocycles. The molecule has 37 heavy (non-hydrogen) atoms. The number of fused-ring (bicyclic) bond motifs is 1. The van der Waals surface area contributed by atoms with E-state index in [0.29, 0.717) is 43.4 Å². The third kappa shape index (κ3) is 5.40. The molecule has 2 aliphatic rings. The molecule has 10 heteroatoms. The van der Waals surface area contributed by atoms with Gasteiger partial charge in [-0.1, -0.05) is 18.2 Å². The van der Waals surface area contributed by atoms with Crippen LogP contribution in [0.1, 0.15) is 10.4 Å². The van der Waals surface area contributed by atoms with E-state index in [1.54, 1.807) is 30.3 Å². The van der Waals surface area contributed by atoms with Gasteiger partial charge in [0.25, 0.3) is 5.91 Å². The van der Waals surface area contributed by atoms with Crippen molar-refractivity contribution in [3.05, 3.63) is 77.9 Å². The summed E-state index contributed by atoms with van der Waals surface area (Å²) >= 11 is 1.34. The Morgan fingerprint density at radius 3 is 2.51 bits per heavy atom. The predicted octanol–water partition coefficient (Wildman–Crippen LogP) is 4.46. The number of nitrogens with zero attached hydrogens (tertiary/aromatic N) is 2. The summed E-state index contributed by atoms with van der Waals surface area (Å²) in [5, 5.41) is 2.65. The van der Waals surface area contributed by atoms with Gasteiger partial charge < -0.3 is 24.6 Å². The van der Waals surface area contributed by atoms with Crippen molar-refractivity contribution in [1.29, 1.82) is 0 Å². The number of nitrogens with one attached hydrogen (secondary N) is 1. The number of carbonyl (C=O) groups is 2. The van der Waals surface area contributed by atoms with E-state index >= 15 is 4.39 Å². The van der Waals surface area contributed by atoms with Gasteiger partial charge in [-0.25, -0.2) is 8.78 Å². The lowest BCUT2D eigenvalue weighted by Gasteiger charge is -2.30. The zero-order valence-electron chi connectivity index (χ0n) is 20.1. The van der Waals surface area contributed by atoms with Crippen LogP contribution in [-0.2, 0) is 9.53 Å². The molecule has 1 saturated heterocycles. The van der Waals surface area contributed by atoms with Crippen LogP contribution >= 0.6 is 11.8 Å². The zero-order valence-corrected chi connectivity index (χ0v) is 20.9. The van der Waals surface area contributed by atoms with Crippen LogP contribution in [0.15, 0.2) is 65.6 Å². The van der Waals surface area contributed by atoms with Crippen molar-refractivity contribution in [1.82, 2.24) is 5.32 Å². The van der Waals surface area contributed by atoms with Crippen molar-refractivity contribution in [3.63, 3.8) is 0 Å². The summed E-state index contributed by atoms with van der Waals surface area (Å²) in [5.41, 5.74) is 0.636. The molecule has 7 nitrogen and oxygen atoms in total. The fraction of sp³-hybridized carbons (Fsp3) is 0.259. The van der Waals surface area contributed by atoms with E-state index in [1.807, 2.05) is 11.0 Å². The van der Waals surface area contributed by atoms with Crippen molar-refractivity contribution in [2.24, 2.45) is 0 Å². The van der Waals surface area contributed by atoms with Gasteiger partial charge in [0, 0.05) is 36.9 Å². The number of benzene rings is 3. The topological polar surface area (TPSA) is 71.1 Å². The van der Waals surface area contributed by atoms with Gasteiger partial charge >= 0.3 is 0 Å². The quantitative estimate of drug-likeness (QED) is 0.531. The number of para-hydroxylation sites is 1. The lowest BCUT2D eigenvalue weighted by atomic mass is 10.1. The highest BCUT2D eigenvalue weighted by molar-refractivity contribution is 7.99. The molecule has 3 aromatic rings. The van der Waals surface area contributed by atoms with Gasteiger partial charge in [0.2, 0.25) is 5.91 Å². The number of thioether (sulfide) groups is 1. The number of morpholine rings is 1. The molecule has 0 unspecified atom stereocenters. The Bertz CT molecular complexity index is 1320. The molecule has 192 valence electrons. The number of hydrogen-bond donors (Lipinski definition) is 1. The molecular formula is C27H25F2N3O4S. The second-order valence-electron chi connectivity index (χ2n) is 8.66. The Kier molecular flexibility index (Phi) is 7.29. The van der Waals surface area contributed by atoms with E-state index < -0.39 is 29.5 Å². The minimum Gasteiger partial charge on any atom is -0.457 e. The van der Waals surface area contributed by atoms with Crippen molar-refractivity contribution >= 4 is 35.0 Å². The molecule has 1 atom stereocenters. The third-order valence-electron chi connectivity index (χ3n) is 6.24. The molecule has 2 heterocycles. The molecular weight excluding hydrogens is 500 g/mol. The van der Waals surface area contributed by atoms with Crippen molar-refractivity contribution in [2.45, 2.75) is 10.9 Å². The monoisotopic (exact) mass is 525 g/mol. The van der Waals surface area contributed by atoms with Gasteiger partial charge in [0.15, 0.2) is 0 Å². The Balaban J connectivity index is 1.34. The van der Waals surface area contributed by atoms with Gasteiger partial charge in [0.1, 0.15) is 29.2 Å². The first-order valence-corrected chi connectivity index (χ1v) is 12.8. The van der Waals surface area contributed by atoms with Gasteiger partial charge in [-0.3, -0.25) is 9.59 Å². The van der Waals surface area contributed by atoms with E-state index in [0.717, 1.165) is 11.0 Å². The highest BCUT2D eigenvalue weighted by Gasteiger charge is 2.32. The van der Waals surface area contributed by atoms with Crippen LogP contribution in [0.2, 0.25) is 0 Å². The first kappa shape index (κ1) is 25.0. The minimum atomic E-state index is -0.942. The molecule has 1 N–H and O–H groups in total. The number of amides is 2. The number of ether oxygens (including phenoxy) is 2. The van der Waals surface area contributed by atoms with Gasteiger partial charge in [0.05, 0.1) is 30.2 Å². The van der Waals surface area contributed by atoms with Crippen LogP contribution in [-0.4, -0.2) is 57.0 Å².